The van der Waals surface area contributed by atoms with Crippen LogP contribution in [-0.2, 0) is 12.0 Å². The third-order valence-corrected chi connectivity index (χ3v) is 8.85. The van der Waals surface area contributed by atoms with Gasteiger partial charge in [0.2, 0.25) is 0 Å². The summed E-state index contributed by atoms with van der Waals surface area (Å²) >= 11 is 0. The molecule has 33 heavy (non-hydrogen) atoms. The molecule has 0 amide bonds. The zero-order chi connectivity index (χ0) is 22.0. The van der Waals surface area contributed by atoms with Crippen LogP contribution in [0.2, 0.25) is 0 Å². The van der Waals surface area contributed by atoms with E-state index in [1.165, 1.54) is 38.5 Å². The number of hydrogen-bond donors (Lipinski definition) is 1. The molecule has 4 aromatic rings. The number of benzene rings is 4. The summed E-state index contributed by atoms with van der Waals surface area (Å²) in [7, 11) is 0. The zero-order valence-electron chi connectivity index (χ0n) is 19.0. The number of fused-ring (bicyclic) bond motifs is 3. The summed E-state index contributed by atoms with van der Waals surface area (Å²) < 4.78 is 6.28. The van der Waals surface area contributed by atoms with Crippen molar-refractivity contribution in [3.63, 3.8) is 0 Å². The highest BCUT2D eigenvalue weighted by Crippen LogP contribution is 2.60. The molecule has 2 heteroatoms. The minimum atomic E-state index is 0.231. The Labute approximate surface area is 195 Å². The van der Waals surface area contributed by atoms with Gasteiger partial charge < -0.3 is 9.84 Å². The smallest absolute Gasteiger partial charge is 0.169 e. The van der Waals surface area contributed by atoms with Crippen LogP contribution in [-0.4, -0.2) is 5.11 Å². The SMILES string of the molecule is Oc1c(OCc2ccc(C34CC5CC(CC(C5)C3)C4)cc2)c2ccccc2c2ccccc12. The molecule has 0 radical (unpaired) electrons. The van der Waals surface area contributed by atoms with Crippen LogP contribution in [0.5, 0.6) is 11.5 Å². The molecule has 4 aliphatic carbocycles. The molecule has 4 aliphatic rings. The highest BCUT2D eigenvalue weighted by molar-refractivity contribution is 6.13. The highest BCUT2D eigenvalue weighted by Gasteiger charge is 2.51. The fraction of sp³-hybridized carbons (Fsp3) is 0.355. The van der Waals surface area contributed by atoms with Crippen molar-refractivity contribution in [1.82, 2.24) is 0 Å². The summed E-state index contributed by atoms with van der Waals surface area (Å²) in [5.41, 5.74) is 3.13. The van der Waals surface area contributed by atoms with Gasteiger partial charge in [-0.15, -0.1) is 0 Å². The average molecular weight is 435 g/mol. The maximum absolute atomic E-state index is 11.0. The van der Waals surface area contributed by atoms with Gasteiger partial charge >= 0.3 is 0 Å². The van der Waals surface area contributed by atoms with Gasteiger partial charge in [0.1, 0.15) is 6.61 Å². The van der Waals surface area contributed by atoms with Gasteiger partial charge in [-0.1, -0.05) is 72.8 Å². The maximum Gasteiger partial charge on any atom is 0.169 e. The van der Waals surface area contributed by atoms with E-state index in [0.29, 0.717) is 17.8 Å². The summed E-state index contributed by atoms with van der Waals surface area (Å²) in [5, 5.41) is 15.0. The third kappa shape index (κ3) is 3.07. The van der Waals surface area contributed by atoms with Crippen LogP contribution in [0.4, 0.5) is 0 Å². The van der Waals surface area contributed by atoms with E-state index in [1.807, 2.05) is 36.4 Å². The Balaban J connectivity index is 1.18. The Bertz CT molecular complexity index is 1320. The molecule has 0 aliphatic heterocycles. The van der Waals surface area contributed by atoms with Crippen LogP contribution in [0, 0.1) is 17.8 Å². The molecule has 0 spiro atoms. The van der Waals surface area contributed by atoms with Crippen molar-refractivity contribution in [3.05, 3.63) is 83.9 Å². The molecule has 0 heterocycles. The summed E-state index contributed by atoms with van der Waals surface area (Å²) in [6.45, 7) is 0.455. The van der Waals surface area contributed by atoms with E-state index in [4.69, 9.17) is 4.74 Å². The number of aromatic hydroxyl groups is 1. The Hall–Kier alpha value is -3.00. The molecular weight excluding hydrogens is 404 g/mol. The van der Waals surface area contributed by atoms with Gasteiger partial charge in [-0.25, -0.2) is 0 Å². The molecule has 4 aromatic carbocycles. The minimum absolute atomic E-state index is 0.231. The highest BCUT2D eigenvalue weighted by atomic mass is 16.5. The molecule has 4 fully saturated rings. The molecule has 166 valence electrons. The summed E-state index contributed by atoms with van der Waals surface area (Å²) in [6.07, 6.45) is 8.63. The Morgan fingerprint density at radius 1 is 0.667 bits per heavy atom. The van der Waals surface area contributed by atoms with E-state index in [2.05, 4.69) is 36.4 Å². The predicted octanol–water partition coefficient (Wildman–Crippen LogP) is 7.75. The first-order valence-corrected chi connectivity index (χ1v) is 12.5. The largest absolute Gasteiger partial charge is 0.504 e. The second-order valence-corrected chi connectivity index (χ2v) is 11.0. The minimum Gasteiger partial charge on any atom is -0.504 e. The molecule has 1 N–H and O–H groups in total. The Morgan fingerprint density at radius 3 is 1.79 bits per heavy atom. The van der Waals surface area contributed by atoms with Gasteiger partial charge in [0.25, 0.3) is 0 Å². The number of hydrogen-bond acceptors (Lipinski definition) is 2. The summed E-state index contributed by atoms with van der Waals surface area (Å²) in [5.74, 6) is 3.69. The fourth-order valence-corrected chi connectivity index (χ4v) is 7.81. The number of phenolic OH excluding ortho intramolecular Hbond substituents is 1. The quantitative estimate of drug-likeness (QED) is 0.333. The summed E-state index contributed by atoms with van der Waals surface area (Å²) in [4.78, 5) is 0. The number of rotatable bonds is 4. The van der Waals surface area contributed by atoms with Crippen molar-refractivity contribution in [1.29, 1.82) is 0 Å². The first-order valence-electron chi connectivity index (χ1n) is 12.5. The second kappa shape index (κ2) is 7.25. The second-order valence-electron chi connectivity index (χ2n) is 11.0. The molecule has 0 atom stereocenters. The molecule has 0 aromatic heterocycles. The van der Waals surface area contributed by atoms with E-state index < -0.39 is 0 Å². The maximum atomic E-state index is 11.0. The molecule has 2 nitrogen and oxygen atoms in total. The van der Waals surface area contributed by atoms with Crippen LogP contribution in [0.3, 0.4) is 0 Å². The van der Waals surface area contributed by atoms with Crippen LogP contribution >= 0.6 is 0 Å². The monoisotopic (exact) mass is 434 g/mol. The first-order chi connectivity index (χ1) is 16.2. The standard InChI is InChI=1S/C31H30O2/c32-29-27-7-3-1-5-25(27)26-6-2-4-8-28(26)30(29)33-19-20-9-11-24(12-10-20)31-16-21-13-22(17-31)15-23(14-21)18-31/h1-12,21-23,32H,13-19H2. The van der Waals surface area contributed by atoms with Crippen LogP contribution < -0.4 is 4.74 Å². The van der Waals surface area contributed by atoms with Crippen LogP contribution in [0.15, 0.2) is 72.8 Å². The van der Waals surface area contributed by atoms with Crippen LogP contribution in [0.1, 0.15) is 49.7 Å². The van der Waals surface area contributed by atoms with Crippen molar-refractivity contribution in [2.24, 2.45) is 17.8 Å². The van der Waals surface area contributed by atoms with E-state index in [-0.39, 0.29) is 5.75 Å². The van der Waals surface area contributed by atoms with Gasteiger partial charge in [0.05, 0.1) is 0 Å². The van der Waals surface area contributed by atoms with Crippen molar-refractivity contribution in [2.75, 3.05) is 0 Å². The number of ether oxygens (including phenoxy) is 1. The Morgan fingerprint density at radius 2 is 1.18 bits per heavy atom. The van der Waals surface area contributed by atoms with E-state index in [0.717, 1.165) is 44.9 Å². The van der Waals surface area contributed by atoms with E-state index in [1.54, 1.807) is 5.56 Å². The normalized spacial score (nSPS) is 27.9. The van der Waals surface area contributed by atoms with Crippen molar-refractivity contribution < 1.29 is 9.84 Å². The van der Waals surface area contributed by atoms with Gasteiger partial charge in [0, 0.05) is 10.8 Å². The first kappa shape index (κ1) is 19.5. The number of phenols is 1. The van der Waals surface area contributed by atoms with Crippen LogP contribution in [0.25, 0.3) is 21.5 Å². The topological polar surface area (TPSA) is 29.5 Å². The summed E-state index contributed by atoms with van der Waals surface area (Å²) in [6, 6.07) is 25.4. The molecule has 0 saturated heterocycles. The third-order valence-electron chi connectivity index (χ3n) is 8.85. The molecule has 4 bridgehead atoms. The Kier molecular flexibility index (Phi) is 4.28. The molecule has 8 rings (SSSR count). The van der Waals surface area contributed by atoms with E-state index in [9.17, 15) is 5.11 Å². The molecular formula is C31H30O2. The average Bonchev–Trinajstić information content (AvgIpc) is 2.84. The lowest BCUT2D eigenvalue weighted by molar-refractivity contribution is -0.00520. The predicted molar refractivity (Wildman–Crippen MR) is 134 cm³/mol. The fourth-order valence-electron chi connectivity index (χ4n) is 7.81. The van der Waals surface area contributed by atoms with Crippen molar-refractivity contribution in [3.8, 4) is 11.5 Å². The van der Waals surface area contributed by atoms with Gasteiger partial charge in [-0.05, 0) is 83.6 Å². The molecule has 4 saturated carbocycles. The van der Waals surface area contributed by atoms with Crippen molar-refractivity contribution in [2.45, 2.75) is 50.5 Å². The van der Waals surface area contributed by atoms with Gasteiger partial charge in [-0.2, -0.15) is 0 Å². The lowest BCUT2D eigenvalue weighted by atomic mass is 9.48. The molecule has 0 unspecified atom stereocenters. The van der Waals surface area contributed by atoms with E-state index >= 15 is 0 Å². The lowest BCUT2D eigenvalue weighted by Gasteiger charge is -2.57. The zero-order valence-corrected chi connectivity index (χ0v) is 19.0. The van der Waals surface area contributed by atoms with Gasteiger partial charge in [0.15, 0.2) is 11.5 Å². The lowest BCUT2D eigenvalue weighted by Crippen LogP contribution is -2.48. The van der Waals surface area contributed by atoms with Gasteiger partial charge in [-0.3, -0.25) is 0 Å². The van der Waals surface area contributed by atoms with Crippen molar-refractivity contribution >= 4 is 21.5 Å².